The summed E-state index contributed by atoms with van der Waals surface area (Å²) >= 11 is 1.39. The lowest BCUT2D eigenvalue weighted by molar-refractivity contribution is 0.0697. The number of anilines is 1. The third kappa shape index (κ3) is 3.17. The number of carboxylic acid groups (broad SMARTS) is 1. The van der Waals surface area contributed by atoms with E-state index >= 15 is 0 Å². The van der Waals surface area contributed by atoms with Crippen LogP contribution in [0.15, 0.2) is 53.6 Å². The van der Waals surface area contributed by atoms with Crippen LogP contribution in [0, 0.1) is 11.3 Å². The molecule has 2 aromatic carbocycles. The van der Waals surface area contributed by atoms with E-state index in [9.17, 15) is 10.1 Å². The molecule has 6 nitrogen and oxygen atoms in total. The molecule has 0 spiro atoms. The molecule has 0 amide bonds. The third-order valence-corrected chi connectivity index (χ3v) is 4.07. The van der Waals surface area contributed by atoms with E-state index in [1.54, 1.807) is 12.1 Å². The summed E-state index contributed by atoms with van der Waals surface area (Å²) in [6.45, 7) is 0. The van der Waals surface area contributed by atoms with Crippen LogP contribution in [0.5, 0.6) is 0 Å². The highest BCUT2D eigenvalue weighted by atomic mass is 32.1. The molecule has 0 radical (unpaired) electrons. The summed E-state index contributed by atoms with van der Waals surface area (Å²) in [4.78, 5) is 15.2. The number of fused-ring (bicyclic) bond motifs is 1. The molecule has 0 atom stereocenters. The summed E-state index contributed by atoms with van der Waals surface area (Å²) in [7, 11) is 0. The predicted octanol–water partition coefficient (Wildman–Crippen LogP) is 3.33. The van der Waals surface area contributed by atoms with Gasteiger partial charge in [-0.15, -0.1) is 11.3 Å². The third-order valence-electron chi connectivity index (χ3n) is 3.03. The molecule has 0 bridgehead atoms. The monoisotopic (exact) mass is 322 g/mol. The van der Waals surface area contributed by atoms with E-state index < -0.39 is 5.97 Å². The van der Waals surface area contributed by atoms with E-state index in [-0.39, 0.29) is 11.3 Å². The van der Waals surface area contributed by atoms with Gasteiger partial charge in [0.05, 0.1) is 21.5 Å². The Labute approximate surface area is 135 Å². The van der Waals surface area contributed by atoms with Gasteiger partial charge in [-0.1, -0.05) is 12.1 Å². The van der Waals surface area contributed by atoms with Crippen LogP contribution < -0.4 is 5.43 Å². The van der Waals surface area contributed by atoms with Gasteiger partial charge in [-0.05, 0) is 36.4 Å². The number of hydrogen-bond acceptors (Lipinski definition) is 6. The van der Waals surface area contributed by atoms with Gasteiger partial charge in [-0.25, -0.2) is 9.78 Å². The van der Waals surface area contributed by atoms with Crippen LogP contribution in [0.3, 0.4) is 0 Å². The molecule has 3 aromatic rings. The first kappa shape index (κ1) is 14.7. The van der Waals surface area contributed by atoms with E-state index in [4.69, 9.17) is 5.11 Å². The average molecular weight is 322 g/mol. The Kier molecular flexibility index (Phi) is 3.99. The first-order valence-electron chi connectivity index (χ1n) is 6.60. The number of carboxylic acids is 1. The minimum absolute atomic E-state index is 0.175. The molecule has 112 valence electrons. The highest BCUT2D eigenvalue weighted by Crippen LogP contribution is 2.22. The smallest absolute Gasteiger partial charge is 0.335 e. The van der Waals surface area contributed by atoms with Gasteiger partial charge in [0.2, 0.25) is 0 Å². The maximum absolute atomic E-state index is 10.8. The van der Waals surface area contributed by atoms with Crippen molar-refractivity contribution in [1.29, 1.82) is 5.26 Å². The van der Waals surface area contributed by atoms with E-state index in [1.807, 2.05) is 30.3 Å². The van der Waals surface area contributed by atoms with Crippen LogP contribution in [-0.2, 0) is 0 Å². The molecule has 0 aliphatic heterocycles. The van der Waals surface area contributed by atoms with Gasteiger partial charge < -0.3 is 5.11 Å². The van der Waals surface area contributed by atoms with Crippen molar-refractivity contribution in [3.8, 4) is 6.07 Å². The predicted molar refractivity (Wildman–Crippen MR) is 88.8 cm³/mol. The van der Waals surface area contributed by atoms with Crippen LogP contribution >= 0.6 is 11.3 Å². The summed E-state index contributed by atoms with van der Waals surface area (Å²) in [6, 6.07) is 15.7. The lowest BCUT2D eigenvalue weighted by atomic mass is 10.2. The summed E-state index contributed by atoms with van der Waals surface area (Å²) in [5.74, 6) is -0.993. The van der Waals surface area contributed by atoms with Crippen LogP contribution in [0.4, 0.5) is 5.69 Å². The summed E-state index contributed by atoms with van der Waals surface area (Å²) in [5, 5.41) is 22.7. The number of benzene rings is 2. The van der Waals surface area contributed by atoms with Crippen LogP contribution in [0.2, 0.25) is 0 Å². The topological polar surface area (TPSA) is 98.4 Å². The van der Waals surface area contributed by atoms with Gasteiger partial charge in [0.15, 0.2) is 10.7 Å². The first-order chi connectivity index (χ1) is 11.2. The molecule has 1 heterocycles. The normalized spacial score (nSPS) is 11.2. The molecular weight excluding hydrogens is 312 g/mol. The Morgan fingerprint density at radius 3 is 2.61 bits per heavy atom. The summed E-state index contributed by atoms with van der Waals surface area (Å²) < 4.78 is 0.983. The number of para-hydroxylation sites is 1. The van der Waals surface area contributed by atoms with Crippen LogP contribution in [0.1, 0.15) is 15.4 Å². The van der Waals surface area contributed by atoms with E-state index in [2.05, 4.69) is 15.5 Å². The Morgan fingerprint density at radius 2 is 1.96 bits per heavy atom. The van der Waals surface area contributed by atoms with Gasteiger partial charge >= 0.3 is 5.97 Å². The number of nitrogens with zero attached hydrogens (tertiary/aromatic N) is 3. The van der Waals surface area contributed by atoms with Gasteiger partial charge in [0, 0.05) is 0 Å². The zero-order valence-corrected chi connectivity index (χ0v) is 12.5. The van der Waals surface area contributed by atoms with E-state index in [0.29, 0.717) is 10.7 Å². The Balaban J connectivity index is 1.84. The van der Waals surface area contributed by atoms with Crippen molar-refractivity contribution in [3.63, 3.8) is 0 Å². The number of thiazole rings is 1. The molecule has 3 rings (SSSR count). The van der Waals surface area contributed by atoms with E-state index in [1.165, 1.54) is 23.5 Å². The lowest BCUT2D eigenvalue weighted by Crippen LogP contribution is -2.01. The van der Waals surface area contributed by atoms with Gasteiger partial charge in [-0.3, -0.25) is 5.43 Å². The minimum atomic E-state index is -0.993. The second kappa shape index (κ2) is 6.25. The lowest BCUT2D eigenvalue weighted by Gasteiger charge is -2.01. The van der Waals surface area contributed by atoms with Crippen LogP contribution in [-0.4, -0.2) is 21.8 Å². The fraction of sp³-hybridized carbons (Fsp3) is 0. The largest absolute Gasteiger partial charge is 0.478 e. The van der Waals surface area contributed by atoms with Crippen molar-refractivity contribution in [3.05, 3.63) is 59.1 Å². The SMILES string of the molecule is N#CC(=NNc1ccc(C(=O)O)cc1)c1nc2ccccc2s1. The number of hydrazone groups is 1. The Bertz CT molecular complexity index is 906. The molecule has 1 aromatic heterocycles. The Morgan fingerprint density at radius 1 is 1.22 bits per heavy atom. The molecular formula is C16H10N4O2S. The zero-order chi connectivity index (χ0) is 16.2. The molecule has 0 aliphatic rings. The maximum Gasteiger partial charge on any atom is 0.335 e. The number of aromatic nitrogens is 1. The second-order valence-corrected chi connectivity index (χ2v) is 5.58. The average Bonchev–Trinajstić information content (AvgIpc) is 2.99. The van der Waals surface area contributed by atoms with Crippen molar-refractivity contribution < 1.29 is 9.90 Å². The van der Waals surface area contributed by atoms with Crippen molar-refractivity contribution in [1.82, 2.24) is 4.98 Å². The number of aromatic carboxylic acids is 1. The second-order valence-electron chi connectivity index (χ2n) is 4.55. The van der Waals surface area contributed by atoms with Crippen molar-refractivity contribution in [2.45, 2.75) is 0 Å². The van der Waals surface area contributed by atoms with Gasteiger partial charge in [0.25, 0.3) is 0 Å². The standard InChI is InChI=1S/C16H10N4O2S/c17-9-13(15-18-12-3-1-2-4-14(12)23-15)20-19-11-7-5-10(6-8-11)16(21)22/h1-8,19H,(H,21,22). The van der Waals surface area contributed by atoms with E-state index in [0.717, 1.165) is 10.2 Å². The van der Waals surface area contributed by atoms with Crippen molar-refractivity contribution >= 4 is 38.9 Å². The first-order valence-corrected chi connectivity index (χ1v) is 7.42. The minimum Gasteiger partial charge on any atom is -0.478 e. The highest BCUT2D eigenvalue weighted by molar-refractivity contribution is 7.20. The number of nitriles is 1. The molecule has 0 saturated carbocycles. The van der Waals surface area contributed by atoms with Crippen LogP contribution in [0.25, 0.3) is 10.2 Å². The zero-order valence-electron chi connectivity index (χ0n) is 11.7. The Hall–Kier alpha value is -3.24. The number of rotatable bonds is 4. The fourth-order valence-corrected chi connectivity index (χ4v) is 2.81. The molecule has 2 N–H and O–H groups in total. The molecule has 0 saturated heterocycles. The maximum atomic E-state index is 10.8. The molecule has 7 heteroatoms. The molecule has 0 fully saturated rings. The quantitative estimate of drug-likeness (QED) is 0.567. The van der Waals surface area contributed by atoms with Crippen molar-refractivity contribution in [2.24, 2.45) is 5.10 Å². The molecule has 0 aliphatic carbocycles. The highest BCUT2D eigenvalue weighted by Gasteiger charge is 2.10. The molecule has 0 unspecified atom stereocenters. The molecule has 23 heavy (non-hydrogen) atoms. The summed E-state index contributed by atoms with van der Waals surface area (Å²) in [6.07, 6.45) is 0. The fourth-order valence-electron chi connectivity index (χ4n) is 1.90. The number of hydrogen-bond donors (Lipinski definition) is 2. The van der Waals surface area contributed by atoms with Gasteiger partial charge in [-0.2, -0.15) is 10.4 Å². The van der Waals surface area contributed by atoms with Gasteiger partial charge in [0.1, 0.15) is 6.07 Å². The number of carbonyl (C=O) groups is 1. The number of nitrogens with one attached hydrogen (secondary N) is 1. The summed E-state index contributed by atoms with van der Waals surface area (Å²) in [5.41, 5.74) is 4.51. The van der Waals surface area contributed by atoms with Crippen molar-refractivity contribution in [2.75, 3.05) is 5.43 Å².